The highest BCUT2D eigenvalue weighted by Gasteiger charge is 2.35. The number of hydrogen-bond acceptors (Lipinski definition) is 11. The number of anilines is 5. The minimum absolute atomic E-state index is 0.0178. The van der Waals surface area contributed by atoms with Crippen LogP contribution in [-0.4, -0.2) is 132 Å². The van der Waals surface area contributed by atoms with E-state index in [1.54, 1.807) is 22.9 Å². The summed E-state index contributed by atoms with van der Waals surface area (Å²) in [6.45, 7) is 7.79. The minimum Gasteiger partial charge on any atom is -0.372 e. The van der Waals surface area contributed by atoms with Crippen molar-refractivity contribution >= 4 is 52.7 Å². The third kappa shape index (κ3) is 8.43. The van der Waals surface area contributed by atoms with Gasteiger partial charge in [-0.3, -0.25) is 19.8 Å². The first kappa shape index (κ1) is 38.3. The molecule has 0 aliphatic carbocycles. The van der Waals surface area contributed by atoms with Crippen molar-refractivity contribution in [3.63, 3.8) is 0 Å². The van der Waals surface area contributed by atoms with Crippen LogP contribution in [0.1, 0.15) is 66.9 Å². The van der Waals surface area contributed by atoms with Crippen LogP contribution >= 0.6 is 0 Å². The maximum atomic E-state index is 15.7. The fourth-order valence-corrected chi connectivity index (χ4v) is 8.99. The molecule has 4 N–H and O–H groups in total. The number of primary amides is 1. The van der Waals surface area contributed by atoms with Gasteiger partial charge in [-0.15, -0.1) is 10.2 Å². The minimum atomic E-state index is -0.794. The number of piperidine rings is 3. The Kier molecular flexibility index (Phi) is 11.1. The normalized spacial score (nSPS) is 21.7. The summed E-state index contributed by atoms with van der Waals surface area (Å²) < 4.78 is 15.7. The number of imide groups is 1. The van der Waals surface area contributed by atoms with E-state index < -0.39 is 5.91 Å². The molecule has 3 aromatic rings. The number of aromatic nitrogens is 3. The highest BCUT2D eigenvalue weighted by Crippen LogP contribution is 2.34. The summed E-state index contributed by atoms with van der Waals surface area (Å²) in [6, 6.07) is 12.7. The van der Waals surface area contributed by atoms with Crippen molar-refractivity contribution in [1.82, 2.24) is 35.2 Å². The Hall–Kier alpha value is -5.58. The van der Waals surface area contributed by atoms with Crippen molar-refractivity contribution in [2.24, 2.45) is 11.7 Å². The second-order valence-electron chi connectivity index (χ2n) is 16.0. The summed E-state index contributed by atoms with van der Waals surface area (Å²) in [5.74, 6) is -0.202. The molecule has 0 saturated carbocycles. The van der Waals surface area contributed by atoms with E-state index in [0.717, 1.165) is 82.6 Å². The topological polar surface area (TPSA) is 176 Å². The molecule has 2 aromatic carbocycles. The molecule has 8 rings (SSSR count). The van der Waals surface area contributed by atoms with Crippen LogP contribution in [0.15, 0.2) is 42.5 Å². The first-order chi connectivity index (χ1) is 27.6. The van der Waals surface area contributed by atoms with Gasteiger partial charge in [0.2, 0.25) is 11.9 Å². The molecule has 6 amide bonds. The Morgan fingerprint density at radius 3 is 2.32 bits per heavy atom. The molecule has 5 saturated heterocycles. The van der Waals surface area contributed by atoms with E-state index in [9.17, 15) is 19.2 Å². The average Bonchev–Trinajstić information content (AvgIpc) is 3.55. The van der Waals surface area contributed by atoms with Gasteiger partial charge in [0.1, 0.15) is 5.82 Å². The van der Waals surface area contributed by atoms with E-state index >= 15 is 4.39 Å². The van der Waals surface area contributed by atoms with E-state index in [1.165, 1.54) is 6.07 Å². The van der Waals surface area contributed by atoms with Gasteiger partial charge in [-0.2, -0.15) is 4.98 Å². The van der Waals surface area contributed by atoms with E-state index in [0.29, 0.717) is 62.3 Å². The highest BCUT2D eigenvalue weighted by molar-refractivity contribution is 6.05. The molecule has 5 fully saturated rings. The van der Waals surface area contributed by atoms with Crippen molar-refractivity contribution < 1.29 is 23.6 Å². The average molecular weight is 783 g/mol. The smallest absolute Gasteiger partial charge is 0.328 e. The molecular formula is C40H51FN12O4. The molecule has 0 bridgehead atoms. The monoisotopic (exact) mass is 782 g/mol. The van der Waals surface area contributed by atoms with E-state index in [1.807, 2.05) is 28.0 Å². The summed E-state index contributed by atoms with van der Waals surface area (Å²) in [5, 5.41) is 13.8. The van der Waals surface area contributed by atoms with Crippen molar-refractivity contribution in [3.8, 4) is 0 Å². The number of likely N-dealkylation sites (N-methyl/N-ethyl adjacent to an activating group) is 1. The third-order valence-corrected chi connectivity index (χ3v) is 12.3. The lowest BCUT2D eigenvalue weighted by Crippen LogP contribution is -2.49. The first-order valence-corrected chi connectivity index (χ1v) is 20.2. The molecule has 0 spiro atoms. The molecule has 57 heavy (non-hydrogen) atoms. The standard InChI is InChI=1S/C40H51FN12O4/c1-48-21-22-53(40(48)57)31-3-2-15-51(25-31)38-45-37(35(36(42)55)46-47-38)43-28-4-9-32(33(41)23-28)27-12-16-49(17-13-27)24-26-10-18-50(19-11-26)29-5-7-30(8-6-29)52-20-14-34(54)44-39(52)56/h4-9,23,26-27,31H,2-3,10-22,24-25H2,1H3,(H2,42,55)(H,43,45,47)(H,44,54,56)/t31-/m1/s1. The van der Waals surface area contributed by atoms with E-state index in [-0.39, 0.29) is 47.3 Å². The second-order valence-corrected chi connectivity index (χ2v) is 16.0. The van der Waals surface area contributed by atoms with Crippen LogP contribution in [0.3, 0.4) is 0 Å². The quantitative estimate of drug-likeness (QED) is 0.273. The van der Waals surface area contributed by atoms with Gasteiger partial charge in [-0.1, -0.05) is 6.07 Å². The van der Waals surface area contributed by atoms with Crippen LogP contribution in [0.25, 0.3) is 0 Å². The number of likely N-dealkylation sites (tertiary alicyclic amines) is 1. The van der Waals surface area contributed by atoms with Crippen LogP contribution in [0.4, 0.5) is 42.8 Å². The predicted octanol–water partition coefficient (Wildman–Crippen LogP) is 3.73. The molecular weight excluding hydrogens is 732 g/mol. The van der Waals surface area contributed by atoms with Gasteiger partial charge >= 0.3 is 12.1 Å². The largest absolute Gasteiger partial charge is 0.372 e. The Morgan fingerprint density at radius 1 is 0.877 bits per heavy atom. The Morgan fingerprint density at radius 2 is 1.63 bits per heavy atom. The van der Waals surface area contributed by atoms with Crippen molar-refractivity contribution in [1.29, 1.82) is 0 Å². The summed E-state index contributed by atoms with van der Waals surface area (Å²) in [5.41, 5.74) is 8.54. The van der Waals surface area contributed by atoms with Crippen molar-refractivity contribution in [2.75, 3.05) is 92.5 Å². The zero-order chi connectivity index (χ0) is 39.6. The molecule has 302 valence electrons. The lowest BCUT2D eigenvalue weighted by molar-refractivity contribution is -0.120. The first-order valence-electron chi connectivity index (χ1n) is 20.2. The Labute approximate surface area is 331 Å². The number of halogens is 1. The van der Waals surface area contributed by atoms with Crippen molar-refractivity contribution in [3.05, 3.63) is 59.5 Å². The molecule has 6 heterocycles. The maximum absolute atomic E-state index is 15.7. The van der Waals surface area contributed by atoms with Gasteiger partial charge in [0, 0.05) is 82.9 Å². The highest BCUT2D eigenvalue weighted by atomic mass is 19.1. The molecule has 1 aromatic heterocycles. The summed E-state index contributed by atoms with van der Waals surface area (Å²) in [4.78, 5) is 65.4. The van der Waals surface area contributed by atoms with Crippen LogP contribution in [0, 0.1) is 11.7 Å². The second kappa shape index (κ2) is 16.5. The summed E-state index contributed by atoms with van der Waals surface area (Å²) in [6.07, 6.45) is 5.97. The van der Waals surface area contributed by atoms with Gasteiger partial charge in [0.15, 0.2) is 11.5 Å². The zero-order valence-electron chi connectivity index (χ0n) is 32.4. The fourth-order valence-electron chi connectivity index (χ4n) is 8.99. The number of urea groups is 2. The van der Waals surface area contributed by atoms with Crippen LogP contribution in [0.2, 0.25) is 0 Å². The molecule has 1 atom stereocenters. The van der Waals surface area contributed by atoms with Gasteiger partial charge in [0.25, 0.3) is 5.91 Å². The number of benzene rings is 2. The van der Waals surface area contributed by atoms with E-state index in [4.69, 9.17) is 5.73 Å². The number of rotatable bonds is 10. The zero-order valence-corrected chi connectivity index (χ0v) is 32.4. The number of nitrogens with zero attached hydrogens (tertiary/aromatic N) is 9. The Bertz CT molecular complexity index is 1990. The number of hydrogen-bond donors (Lipinski definition) is 3. The fraction of sp³-hybridized carbons (Fsp3) is 0.525. The molecule has 16 nitrogen and oxygen atoms in total. The van der Waals surface area contributed by atoms with E-state index in [2.05, 4.69) is 47.7 Å². The lowest BCUT2D eigenvalue weighted by Gasteiger charge is -2.38. The summed E-state index contributed by atoms with van der Waals surface area (Å²) in [7, 11) is 1.80. The molecule has 0 radical (unpaired) electrons. The SMILES string of the molecule is CN1CCN([C@@H]2CCCN(c3nnc(C(N)=O)c(Nc4ccc(C5CCN(CC6CCN(c7ccc(N8CCC(=O)NC8=O)cc7)CC6)CC5)c(F)c4)n3)C2)C1=O. The number of carbonyl (C=O) groups is 4. The van der Waals surface area contributed by atoms with Gasteiger partial charge in [0.05, 0.1) is 6.04 Å². The van der Waals surface area contributed by atoms with Crippen LogP contribution < -0.4 is 31.1 Å². The molecule has 5 aliphatic rings. The van der Waals surface area contributed by atoms with Gasteiger partial charge in [-0.05, 0) is 105 Å². The number of carbonyl (C=O) groups excluding carboxylic acids is 4. The lowest BCUT2D eigenvalue weighted by atomic mass is 9.88. The third-order valence-electron chi connectivity index (χ3n) is 12.3. The van der Waals surface area contributed by atoms with Gasteiger partial charge < -0.3 is 35.6 Å². The number of nitrogens with two attached hydrogens (primary N) is 1. The maximum Gasteiger partial charge on any atom is 0.328 e. The molecule has 5 aliphatic heterocycles. The Balaban J connectivity index is 0.824. The van der Waals surface area contributed by atoms with Crippen LogP contribution in [-0.2, 0) is 4.79 Å². The van der Waals surface area contributed by atoms with Gasteiger partial charge in [-0.25, -0.2) is 14.0 Å². The van der Waals surface area contributed by atoms with Crippen molar-refractivity contribution in [2.45, 2.75) is 56.9 Å². The number of nitrogens with one attached hydrogen (secondary N) is 2. The molecule has 17 heteroatoms. The summed E-state index contributed by atoms with van der Waals surface area (Å²) >= 11 is 0. The molecule has 0 unspecified atom stereocenters. The van der Waals surface area contributed by atoms with Crippen LogP contribution in [0.5, 0.6) is 0 Å². The predicted molar refractivity (Wildman–Crippen MR) is 213 cm³/mol. The number of amides is 6.